The highest BCUT2D eigenvalue weighted by atomic mass is 14.8. The molecule has 0 radical (unpaired) electrons. The lowest BCUT2D eigenvalue weighted by Gasteiger charge is -2.51. The van der Waals surface area contributed by atoms with Gasteiger partial charge in [-0.3, -0.25) is 0 Å². The summed E-state index contributed by atoms with van der Waals surface area (Å²) in [5, 5.41) is 0. The average molecular weight is 217 g/mol. The number of rotatable bonds is 2. The lowest BCUT2D eigenvalue weighted by molar-refractivity contribution is 0.118. The number of hydrogen-bond donors (Lipinski definition) is 1. The summed E-state index contributed by atoms with van der Waals surface area (Å²) in [5.41, 5.74) is 8.37. The van der Waals surface area contributed by atoms with Gasteiger partial charge in [-0.25, -0.2) is 0 Å². The van der Waals surface area contributed by atoms with Crippen LogP contribution in [0.3, 0.4) is 0 Å². The van der Waals surface area contributed by atoms with Gasteiger partial charge in [0.05, 0.1) is 0 Å². The van der Waals surface area contributed by atoms with Gasteiger partial charge in [0.1, 0.15) is 0 Å². The maximum atomic E-state index is 6.52. The quantitative estimate of drug-likeness (QED) is 0.806. The summed E-state index contributed by atoms with van der Waals surface area (Å²) < 4.78 is 0. The third-order valence-electron chi connectivity index (χ3n) is 4.12. The minimum Gasteiger partial charge on any atom is -0.326 e. The van der Waals surface area contributed by atoms with Gasteiger partial charge in [-0.2, -0.15) is 0 Å². The van der Waals surface area contributed by atoms with Crippen LogP contribution in [0.4, 0.5) is 0 Å². The molecule has 1 atom stereocenters. The second-order valence-corrected chi connectivity index (χ2v) is 6.22. The SMILES string of the molecule is CC(C)(C)C(N)C1(c2ccccc2)CCC1. The molecular formula is C15H23N. The normalized spacial score (nSPS) is 21.2. The van der Waals surface area contributed by atoms with E-state index in [0.29, 0.717) is 0 Å². The Kier molecular flexibility index (Phi) is 2.83. The molecule has 1 unspecified atom stereocenters. The summed E-state index contributed by atoms with van der Waals surface area (Å²) in [6, 6.07) is 11.1. The van der Waals surface area contributed by atoms with Gasteiger partial charge in [-0.1, -0.05) is 57.5 Å². The van der Waals surface area contributed by atoms with Crippen LogP contribution in [0.2, 0.25) is 0 Å². The number of nitrogens with two attached hydrogens (primary N) is 1. The highest BCUT2D eigenvalue weighted by Gasteiger charge is 2.47. The van der Waals surface area contributed by atoms with E-state index in [4.69, 9.17) is 5.73 Å². The van der Waals surface area contributed by atoms with Gasteiger partial charge >= 0.3 is 0 Å². The molecule has 2 rings (SSSR count). The van der Waals surface area contributed by atoms with E-state index in [1.165, 1.54) is 24.8 Å². The molecule has 1 aromatic rings. The van der Waals surface area contributed by atoms with Gasteiger partial charge in [0.15, 0.2) is 0 Å². The first-order valence-electron chi connectivity index (χ1n) is 6.28. The third kappa shape index (κ3) is 1.78. The first-order chi connectivity index (χ1) is 7.47. The highest BCUT2D eigenvalue weighted by molar-refractivity contribution is 5.31. The molecule has 1 aromatic carbocycles. The van der Waals surface area contributed by atoms with Crippen molar-refractivity contribution in [3.8, 4) is 0 Å². The fourth-order valence-corrected chi connectivity index (χ4v) is 2.94. The van der Waals surface area contributed by atoms with E-state index in [-0.39, 0.29) is 16.9 Å². The Morgan fingerprint density at radius 2 is 1.69 bits per heavy atom. The summed E-state index contributed by atoms with van der Waals surface area (Å²) in [4.78, 5) is 0. The van der Waals surface area contributed by atoms with Crippen molar-refractivity contribution in [2.75, 3.05) is 0 Å². The van der Waals surface area contributed by atoms with Crippen molar-refractivity contribution in [2.24, 2.45) is 11.1 Å². The molecule has 0 bridgehead atoms. The fourth-order valence-electron chi connectivity index (χ4n) is 2.94. The monoisotopic (exact) mass is 217 g/mol. The van der Waals surface area contributed by atoms with Gasteiger partial charge in [-0.15, -0.1) is 0 Å². The Labute approximate surface area is 99.0 Å². The Bertz CT molecular complexity index is 343. The van der Waals surface area contributed by atoms with Crippen molar-refractivity contribution in [3.05, 3.63) is 35.9 Å². The molecular weight excluding hydrogens is 194 g/mol. The van der Waals surface area contributed by atoms with Crippen molar-refractivity contribution in [1.82, 2.24) is 0 Å². The van der Waals surface area contributed by atoms with E-state index in [9.17, 15) is 0 Å². The van der Waals surface area contributed by atoms with Crippen molar-refractivity contribution in [3.63, 3.8) is 0 Å². The number of benzene rings is 1. The second-order valence-electron chi connectivity index (χ2n) is 6.22. The lowest BCUT2D eigenvalue weighted by Crippen LogP contribution is -2.56. The Hall–Kier alpha value is -0.820. The van der Waals surface area contributed by atoms with Crippen LogP contribution in [-0.2, 0) is 5.41 Å². The van der Waals surface area contributed by atoms with E-state index in [1.54, 1.807) is 0 Å². The molecule has 1 aliphatic rings. The summed E-state index contributed by atoms with van der Waals surface area (Å²) in [6.07, 6.45) is 3.81. The molecule has 0 spiro atoms. The zero-order chi connectivity index (χ0) is 11.8. The van der Waals surface area contributed by atoms with Crippen LogP contribution in [0, 0.1) is 5.41 Å². The van der Waals surface area contributed by atoms with Crippen LogP contribution >= 0.6 is 0 Å². The zero-order valence-corrected chi connectivity index (χ0v) is 10.7. The molecule has 88 valence electrons. The van der Waals surface area contributed by atoms with E-state index in [0.717, 1.165) is 0 Å². The summed E-state index contributed by atoms with van der Waals surface area (Å²) in [5.74, 6) is 0. The smallest absolute Gasteiger partial charge is 0.0185 e. The topological polar surface area (TPSA) is 26.0 Å². The minimum atomic E-state index is 0.177. The molecule has 1 saturated carbocycles. The van der Waals surface area contributed by atoms with Gasteiger partial charge in [0, 0.05) is 11.5 Å². The van der Waals surface area contributed by atoms with Crippen LogP contribution in [-0.4, -0.2) is 6.04 Å². The largest absolute Gasteiger partial charge is 0.326 e. The zero-order valence-electron chi connectivity index (χ0n) is 10.7. The predicted molar refractivity (Wildman–Crippen MR) is 69.4 cm³/mol. The molecule has 0 heterocycles. The summed E-state index contributed by atoms with van der Waals surface area (Å²) in [6.45, 7) is 6.75. The van der Waals surface area contributed by atoms with E-state index >= 15 is 0 Å². The lowest BCUT2D eigenvalue weighted by atomic mass is 9.55. The molecule has 1 fully saturated rings. The molecule has 0 saturated heterocycles. The van der Waals surface area contributed by atoms with Gasteiger partial charge in [0.25, 0.3) is 0 Å². The molecule has 1 heteroatoms. The number of hydrogen-bond acceptors (Lipinski definition) is 1. The van der Waals surface area contributed by atoms with Crippen LogP contribution in [0.25, 0.3) is 0 Å². The van der Waals surface area contributed by atoms with Gasteiger partial charge < -0.3 is 5.73 Å². The highest BCUT2D eigenvalue weighted by Crippen LogP contribution is 2.49. The molecule has 16 heavy (non-hydrogen) atoms. The van der Waals surface area contributed by atoms with Crippen molar-refractivity contribution < 1.29 is 0 Å². The molecule has 0 amide bonds. The first kappa shape index (κ1) is 11.7. The molecule has 1 nitrogen and oxygen atoms in total. The fraction of sp³-hybridized carbons (Fsp3) is 0.600. The van der Waals surface area contributed by atoms with Crippen molar-refractivity contribution in [2.45, 2.75) is 51.5 Å². The summed E-state index contributed by atoms with van der Waals surface area (Å²) in [7, 11) is 0. The maximum Gasteiger partial charge on any atom is 0.0185 e. The van der Waals surface area contributed by atoms with Gasteiger partial charge in [-0.05, 0) is 23.8 Å². The minimum absolute atomic E-state index is 0.177. The Morgan fingerprint density at radius 3 is 2.06 bits per heavy atom. The van der Waals surface area contributed by atoms with Crippen molar-refractivity contribution in [1.29, 1.82) is 0 Å². The molecule has 1 aliphatic carbocycles. The maximum absolute atomic E-state index is 6.52. The predicted octanol–water partition coefficient (Wildman–Crippen LogP) is 3.48. The Balaban J connectivity index is 2.34. The van der Waals surface area contributed by atoms with Crippen LogP contribution in [0.5, 0.6) is 0 Å². The van der Waals surface area contributed by atoms with E-state index < -0.39 is 0 Å². The second kappa shape index (κ2) is 3.89. The van der Waals surface area contributed by atoms with Crippen LogP contribution in [0.1, 0.15) is 45.6 Å². The summed E-state index contributed by atoms with van der Waals surface area (Å²) >= 11 is 0. The third-order valence-corrected chi connectivity index (χ3v) is 4.12. The Morgan fingerprint density at radius 1 is 1.12 bits per heavy atom. The van der Waals surface area contributed by atoms with Crippen molar-refractivity contribution >= 4 is 0 Å². The van der Waals surface area contributed by atoms with E-state index in [1.807, 2.05) is 0 Å². The van der Waals surface area contributed by atoms with Crippen LogP contribution < -0.4 is 5.73 Å². The molecule has 2 N–H and O–H groups in total. The average Bonchev–Trinajstić information content (AvgIpc) is 2.16. The standard InChI is InChI=1S/C15H23N/c1-14(2,3)13(16)15(10-7-11-15)12-8-5-4-6-9-12/h4-6,8-9,13H,7,10-11,16H2,1-3H3. The van der Waals surface area contributed by atoms with E-state index in [2.05, 4.69) is 51.1 Å². The molecule has 0 aliphatic heterocycles. The molecule has 0 aromatic heterocycles. The van der Waals surface area contributed by atoms with Crippen LogP contribution in [0.15, 0.2) is 30.3 Å². The first-order valence-corrected chi connectivity index (χ1v) is 6.28. The van der Waals surface area contributed by atoms with Gasteiger partial charge in [0.2, 0.25) is 0 Å².